The van der Waals surface area contributed by atoms with Crippen LogP contribution in [0.25, 0.3) is 0 Å². The van der Waals surface area contributed by atoms with Gasteiger partial charge in [-0.25, -0.2) is 0 Å². The Hall–Kier alpha value is -0.673. The van der Waals surface area contributed by atoms with Gasteiger partial charge >= 0.3 is 0 Å². The van der Waals surface area contributed by atoms with Crippen molar-refractivity contribution in [3.8, 4) is 0 Å². The number of carbonyl (C=O) groups excluding carboxylic acids is 1. The maximum atomic E-state index is 10.2. The monoisotopic (exact) mass is 268 g/mol. The zero-order valence-corrected chi connectivity index (χ0v) is 13.4. The van der Waals surface area contributed by atoms with Crippen molar-refractivity contribution in [1.82, 2.24) is 0 Å². The first kappa shape index (κ1) is 17.3. The van der Waals surface area contributed by atoms with Gasteiger partial charge in [-0.2, -0.15) is 0 Å². The summed E-state index contributed by atoms with van der Waals surface area (Å²) < 4.78 is 6.06. The van der Waals surface area contributed by atoms with Crippen LogP contribution in [0.5, 0.6) is 0 Å². The summed E-state index contributed by atoms with van der Waals surface area (Å²) in [4.78, 5) is 10.2. The van der Waals surface area contributed by atoms with Crippen LogP contribution in [0.1, 0.15) is 40.5 Å². The molecule has 3 heteroatoms. The van der Waals surface area contributed by atoms with Crippen LogP contribution >= 0.6 is 0 Å². The van der Waals surface area contributed by atoms with E-state index >= 15 is 0 Å². The summed E-state index contributed by atoms with van der Waals surface area (Å²) in [5.41, 5.74) is 0. The Morgan fingerprint density at radius 1 is 1.39 bits per heavy atom. The molecule has 0 saturated carbocycles. The van der Waals surface area contributed by atoms with Crippen molar-refractivity contribution in [2.24, 2.45) is 0 Å². The van der Waals surface area contributed by atoms with E-state index in [2.05, 4.69) is 34.3 Å². The molecule has 0 saturated heterocycles. The molecule has 0 aromatic heterocycles. The SMILES string of the molecule is C=CC(C)O[Si](CC)(CC)CC.O=C1C=CCC1. The molecule has 0 radical (unpaired) electrons. The van der Waals surface area contributed by atoms with Gasteiger partial charge < -0.3 is 4.43 Å². The van der Waals surface area contributed by atoms with Crippen LogP contribution in [0.3, 0.4) is 0 Å². The highest BCUT2D eigenvalue weighted by molar-refractivity contribution is 6.73. The van der Waals surface area contributed by atoms with Crippen LogP contribution < -0.4 is 0 Å². The third kappa shape index (κ3) is 6.31. The van der Waals surface area contributed by atoms with Gasteiger partial charge in [0.2, 0.25) is 0 Å². The molecule has 0 spiro atoms. The highest BCUT2D eigenvalue weighted by Crippen LogP contribution is 2.23. The van der Waals surface area contributed by atoms with Gasteiger partial charge in [0.1, 0.15) is 0 Å². The van der Waals surface area contributed by atoms with E-state index in [4.69, 9.17) is 4.43 Å². The lowest BCUT2D eigenvalue weighted by molar-refractivity contribution is -0.114. The van der Waals surface area contributed by atoms with Crippen molar-refractivity contribution in [2.75, 3.05) is 0 Å². The molecule has 2 nitrogen and oxygen atoms in total. The van der Waals surface area contributed by atoms with Crippen molar-refractivity contribution in [3.63, 3.8) is 0 Å². The molecule has 1 atom stereocenters. The molecule has 0 bridgehead atoms. The number of allylic oxidation sites excluding steroid dienone is 2. The smallest absolute Gasteiger partial charge is 0.192 e. The van der Waals surface area contributed by atoms with Crippen LogP contribution in [0, 0.1) is 0 Å². The molecular weight excluding hydrogens is 240 g/mol. The minimum atomic E-state index is -1.37. The Labute approximate surface area is 113 Å². The second kappa shape index (κ2) is 9.28. The van der Waals surface area contributed by atoms with Crippen molar-refractivity contribution >= 4 is 14.1 Å². The highest BCUT2D eigenvalue weighted by Gasteiger charge is 2.29. The molecular formula is C15H28O2Si. The number of ketones is 1. The van der Waals surface area contributed by atoms with Crippen molar-refractivity contribution in [2.45, 2.75) is 64.8 Å². The van der Waals surface area contributed by atoms with Gasteiger partial charge in [-0.05, 0) is 37.6 Å². The van der Waals surface area contributed by atoms with Crippen LogP contribution in [-0.2, 0) is 9.22 Å². The first-order valence-electron chi connectivity index (χ1n) is 7.03. The summed E-state index contributed by atoms with van der Waals surface area (Å²) in [5.74, 6) is 0.273. The van der Waals surface area contributed by atoms with Gasteiger partial charge in [0.25, 0.3) is 0 Å². The maximum Gasteiger partial charge on any atom is 0.192 e. The Balaban J connectivity index is 0.000000397. The van der Waals surface area contributed by atoms with Gasteiger partial charge in [-0.15, -0.1) is 6.58 Å². The molecule has 0 N–H and O–H groups in total. The van der Waals surface area contributed by atoms with Crippen LogP contribution in [0.4, 0.5) is 0 Å². The number of rotatable bonds is 6. The number of hydrogen-bond donors (Lipinski definition) is 0. The minimum Gasteiger partial charge on any atom is -0.411 e. The van der Waals surface area contributed by atoms with Gasteiger partial charge in [0.05, 0.1) is 6.10 Å². The molecule has 0 fully saturated rings. The lowest BCUT2D eigenvalue weighted by Crippen LogP contribution is -2.38. The zero-order valence-electron chi connectivity index (χ0n) is 12.4. The third-order valence-electron chi connectivity index (χ3n) is 3.56. The molecule has 1 aliphatic rings. The second-order valence-electron chi connectivity index (χ2n) is 4.71. The Morgan fingerprint density at radius 2 is 1.94 bits per heavy atom. The Kier molecular flexibility index (Phi) is 8.94. The number of carbonyl (C=O) groups is 1. The lowest BCUT2D eigenvalue weighted by Gasteiger charge is -2.30. The van der Waals surface area contributed by atoms with Crippen molar-refractivity contribution in [3.05, 3.63) is 24.8 Å². The van der Waals surface area contributed by atoms with Gasteiger partial charge in [0, 0.05) is 6.42 Å². The fourth-order valence-corrected chi connectivity index (χ4v) is 4.85. The van der Waals surface area contributed by atoms with Gasteiger partial charge in [-0.1, -0.05) is 32.9 Å². The molecule has 0 aromatic carbocycles. The normalized spacial score (nSPS) is 16.1. The molecule has 1 rings (SSSR count). The molecule has 18 heavy (non-hydrogen) atoms. The van der Waals surface area contributed by atoms with Crippen LogP contribution in [0.15, 0.2) is 24.8 Å². The van der Waals surface area contributed by atoms with Gasteiger partial charge in [-0.3, -0.25) is 4.79 Å². The van der Waals surface area contributed by atoms with E-state index in [1.165, 1.54) is 18.1 Å². The molecule has 1 unspecified atom stereocenters. The second-order valence-corrected chi connectivity index (χ2v) is 9.43. The maximum absolute atomic E-state index is 10.2. The fourth-order valence-electron chi connectivity index (χ4n) is 1.97. The van der Waals surface area contributed by atoms with Crippen LogP contribution in [-0.4, -0.2) is 20.2 Å². The van der Waals surface area contributed by atoms with Crippen molar-refractivity contribution < 1.29 is 9.22 Å². The third-order valence-corrected chi connectivity index (χ3v) is 8.30. The standard InChI is InChI=1S/C10H22OSi.C5H6O/c1-6-10(5)11-12(7-2,8-3)9-4;6-5-3-1-2-4-5/h6,10H,1,7-9H2,2-5H3;1,3H,2,4H2. The summed E-state index contributed by atoms with van der Waals surface area (Å²) in [6.07, 6.45) is 7.36. The molecule has 104 valence electrons. The summed E-state index contributed by atoms with van der Waals surface area (Å²) in [6, 6.07) is 3.66. The molecule has 1 aliphatic carbocycles. The van der Waals surface area contributed by atoms with Gasteiger partial charge in [0.15, 0.2) is 14.1 Å². The first-order valence-corrected chi connectivity index (χ1v) is 9.56. The van der Waals surface area contributed by atoms with Crippen LogP contribution in [0.2, 0.25) is 18.1 Å². The van der Waals surface area contributed by atoms with E-state index in [0.29, 0.717) is 0 Å². The van der Waals surface area contributed by atoms with E-state index < -0.39 is 8.32 Å². The first-order chi connectivity index (χ1) is 8.53. The zero-order chi connectivity index (χ0) is 14.0. The average molecular weight is 268 g/mol. The summed E-state index contributed by atoms with van der Waals surface area (Å²) in [7, 11) is -1.37. The van der Waals surface area contributed by atoms with E-state index in [9.17, 15) is 4.79 Å². The predicted octanol–water partition coefficient (Wildman–Crippen LogP) is 4.49. The topological polar surface area (TPSA) is 26.3 Å². The quantitative estimate of drug-likeness (QED) is 0.524. The Morgan fingerprint density at radius 3 is 2.17 bits per heavy atom. The minimum absolute atomic E-state index is 0.233. The highest BCUT2D eigenvalue weighted by atomic mass is 28.4. The predicted molar refractivity (Wildman–Crippen MR) is 81.3 cm³/mol. The molecule has 0 aliphatic heterocycles. The summed E-state index contributed by atoms with van der Waals surface area (Å²) in [5, 5.41) is 0. The largest absolute Gasteiger partial charge is 0.411 e. The number of hydrogen-bond acceptors (Lipinski definition) is 2. The molecule has 0 amide bonds. The lowest BCUT2D eigenvalue weighted by atomic mass is 10.3. The fraction of sp³-hybridized carbons (Fsp3) is 0.667. The molecule has 0 aromatic rings. The summed E-state index contributed by atoms with van der Waals surface area (Å²) >= 11 is 0. The van der Waals surface area contributed by atoms with E-state index in [-0.39, 0.29) is 11.9 Å². The van der Waals surface area contributed by atoms with Crippen molar-refractivity contribution in [1.29, 1.82) is 0 Å². The van der Waals surface area contributed by atoms with E-state index in [1.807, 2.05) is 12.2 Å². The average Bonchev–Trinajstić information content (AvgIpc) is 2.88. The summed E-state index contributed by atoms with van der Waals surface area (Å²) in [6.45, 7) is 12.6. The van der Waals surface area contributed by atoms with E-state index in [1.54, 1.807) is 6.08 Å². The van der Waals surface area contributed by atoms with E-state index in [0.717, 1.165) is 12.8 Å². The Bertz CT molecular complexity index is 272. The molecule has 0 heterocycles.